The van der Waals surface area contributed by atoms with Gasteiger partial charge in [0.15, 0.2) is 0 Å². The van der Waals surface area contributed by atoms with Crippen molar-refractivity contribution in [2.45, 2.75) is 0 Å². The number of nitrogen functional groups attached to an aromatic ring is 2. The van der Waals surface area contributed by atoms with E-state index >= 15 is 0 Å². The molecule has 1 heterocycles. The van der Waals surface area contributed by atoms with Crippen molar-refractivity contribution in [1.82, 2.24) is 15.0 Å². The molecule has 0 amide bonds. The molecule has 0 bridgehead atoms. The van der Waals surface area contributed by atoms with Crippen LogP contribution in [0.3, 0.4) is 0 Å². The Morgan fingerprint density at radius 1 is 1.27 bits per heavy atom. The lowest BCUT2D eigenvalue weighted by molar-refractivity contribution is 0.194. The van der Waals surface area contributed by atoms with Gasteiger partial charge < -0.3 is 26.2 Å². The van der Waals surface area contributed by atoms with Crippen LogP contribution in [-0.4, -0.2) is 47.1 Å². The number of anilines is 3. The fourth-order valence-corrected chi connectivity index (χ4v) is 0.974. The number of nitrogens with zero attached hydrogens (tertiary/aromatic N) is 4. The average molecular weight is 214 g/mol. The molecule has 0 saturated heterocycles. The summed E-state index contributed by atoms with van der Waals surface area (Å²) in [7, 11) is 1.56. The Hall–Kier alpha value is -1.67. The molecule has 0 unspecified atom stereocenters. The molecule has 84 valence electrons. The van der Waals surface area contributed by atoms with Gasteiger partial charge in [0.25, 0.3) is 0 Å². The van der Waals surface area contributed by atoms with Crippen LogP contribution in [0, 0.1) is 0 Å². The van der Waals surface area contributed by atoms with Crippen LogP contribution in [0.1, 0.15) is 0 Å². The average Bonchev–Trinajstić information content (AvgIpc) is 2.17. The number of ether oxygens (including phenoxy) is 1. The molecule has 0 spiro atoms. The predicted molar refractivity (Wildman–Crippen MR) is 55.0 cm³/mol. The van der Waals surface area contributed by atoms with Crippen molar-refractivity contribution in [3.8, 4) is 0 Å². The fourth-order valence-electron chi connectivity index (χ4n) is 0.974. The number of hydrogen-bond donors (Lipinski definition) is 3. The van der Waals surface area contributed by atoms with E-state index in [1.165, 1.54) is 4.90 Å². The first-order chi connectivity index (χ1) is 7.17. The minimum absolute atomic E-state index is 0.0216. The summed E-state index contributed by atoms with van der Waals surface area (Å²) in [5.41, 5.74) is 10.8. The molecule has 1 aromatic heterocycles. The maximum absolute atomic E-state index is 9.08. The summed E-state index contributed by atoms with van der Waals surface area (Å²) in [5.74, 6) is 0.279. The van der Waals surface area contributed by atoms with Gasteiger partial charge in [0.2, 0.25) is 17.8 Å². The minimum atomic E-state index is -0.244. The van der Waals surface area contributed by atoms with Crippen LogP contribution in [0.4, 0.5) is 17.8 Å². The van der Waals surface area contributed by atoms with E-state index in [1.807, 2.05) is 0 Å². The summed E-state index contributed by atoms with van der Waals surface area (Å²) >= 11 is 0. The van der Waals surface area contributed by atoms with Crippen molar-refractivity contribution >= 4 is 17.8 Å². The third-order valence-corrected chi connectivity index (χ3v) is 1.68. The lowest BCUT2D eigenvalue weighted by Crippen LogP contribution is -2.30. The molecule has 0 saturated carbocycles. The van der Waals surface area contributed by atoms with Gasteiger partial charge in [0.1, 0.15) is 6.73 Å². The molecular weight excluding hydrogens is 200 g/mol. The van der Waals surface area contributed by atoms with E-state index < -0.39 is 0 Å². The zero-order chi connectivity index (χ0) is 11.3. The van der Waals surface area contributed by atoms with E-state index in [0.29, 0.717) is 13.2 Å². The van der Waals surface area contributed by atoms with Crippen LogP contribution in [0.5, 0.6) is 0 Å². The van der Waals surface area contributed by atoms with E-state index in [9.17, 15) is 0 Å². The van der Waals surface area contributed by atoms with Crippen molar-refractivity contribution in [2.75, 3.05) is 43.4 Å². The Balaban J connectivity index is 2.81. The van der Waals surface area contributed by atoms with Crippen LogP contribution in [0.15, 0.2) is 0 Å². The van der Waals surface area contributed by atoms with Gasteiger partial charge in [0.05, 0.1) is 6.61 Å². The highest BCUT2D eigenvalue weighted by Crippen LogP contribution is 2.08. The molecule has 0 aromatic carbocycles. The zero-order valence-electron chi connectivity index (χ0n) is 8.42. The summed E-state index contributed by atoms with van der Waals surface area (Å²) in [4.78, 5) is 12.8. The van der Waals surface area contributed by atoms with Crippen LogP contribution in [0.2, 0.25) is 0 Å². The lowest BCUT2D eigenvalue weighted by Gasteiger charge is -2.19. The number of hydrogen-bond acceptors (Lipinski definition) is 8. The molecule has 0 radical (unpaired) electrons. The molecule has 0 fully saturated rings. The Morgan fingerprint density at radius 2 is 1.87 bits per heavy atom. The van der Waals surface area contributed by atoms with E-state index in [2.05, 4.69) is 15.0 Å². The molecule has 0 aliphatic rings. The second-order valence-electron chi connectivity index (χ2n) is 2.75. The van der Waals surface area contributed by atoms with Crippen molar-refractivity contribution < 1.29 is 9.84 Å². The first-order valence-corrected chi connectivity index (χ1v) is 4.29. The third kappa shape index (κ3) is 3.18. The maximum atomic E-state index is 9.08. The molecule has 0 atom stereocenters. The Labute approximate surface area is 86.9 Å². The first kappa shape index (κ1) is 11.4. The predicted octanol–water partition coefficient (Wildman–Crippen LogP) is -1.56. The standard InChI is InChI=1S/C7H14N6O2/c1-15-3-2-13(4-14)7-11-5(8)10-6(9)12-7/h14H,2-4H2,1H3,(H4,8,9,10,11,12). The molecule has 0 aliphatic carbocycles. The topological polar surface area (TPSA) is 123 Å². The number of nitrogens with two attached hydrogens (primary N) is 2. The van der Waals surface area contributed by atoms with Gasteiger partial charge in [-0.15, -0.1) is 0 Å². The Morgan fingerprint density at radius 3 is 2.33 bits per heavy atom. The van der Waals surface area contributed by atoms with Gasteiger partial charge in [-0.1, -0.05) is 0 Å². The third-order valence-electron chi connectivity index (χ3n) is 1.68. The quantitative estimate of drug-likeness (QED) is 0.503. The molecule has 15 heavy (non-hydrogen) atoms. The van der Waals surface area contributed by atoms with Crippen molar-refractivity contribution in [3.05, 3.63) is 0 Å². The summed E-state index contributed by atoms with van der Waals surface area (Å²) < 4.78 is 4.87. The molecular formula is C7H14N6O2. The second kappa shape index (κ2) is 5.27. The monoisotopic (exact) mass is 214 g/mol. The van der Waals surface area contributed by atoms with Gasteiger partial charge in [0, 0.05) is 13.7 Å². The van der Waals surface area contributed by atoms with Crippen LogP contribution < -0.4 is 16.4 Å². The van der Waals surface area contributed by atoms with Crippen molar-refractivity contribution in [3.63, 3.8) is 0 Å². The smallest absolute Gasteiger partial charge is 0.233 e. The summed E-state index contributed by atoms with van der Waals surface area (Å²) in [6.07, 6.45) is 0. The Bertz CT molecular complexity index is 300. The number of aromatic nitrogens is 3. The highest BCUT2D eigenvalue weighted by molar-refractivity contribution is 5.39. The summed E-state index contributed by atoms with van der Waals surface area (Å²) in [5, 5.41) is 9.08. The highest BCUT2D eigenvalue weighted by atomic mass is 16.5. The van der Waals surface area contributed by atoms with E-state index in [-0.39, 0.29) is 24.6 Å². The van der Waals surface area contributed by atoms with Crippen LogP contribution in [0.25, 0.3) is 0 Å². The highest BCUT2D eigenvalue weighted by Gasteiger charge is 2.10. The molecule has 1 aromatic rings. The lowest BCUT2D eigenvalue weighted by atomic mass is 10.6. The molecule has 0 aliphatic heterocycles. The maximum Gasteiger partial charge on any atom is 0.233 e. The van der Waals surface area contributed by atoms with Gasteiger partial charge in [-0.2, -0.15) is 15.0 Å². The second-order valence-corrected chi connectivity index (χ2v) is 2.75. The van der Waals surface area contributed by atoms with Crippen molar-refractivity contribution in [1.29, 1.82) is 0 Å². The number of methoxy groups -OCH3 is 1. The zero-order valence-corrected chi connectivity index (χ0v) is 8.42. The number of aliphatic hydroxyl groups is 1. The molecule has 1 rings (SSSR count). The van der Waals surface area contributed by atoms with Crippen LogP contribution >= 0.6 is 0 Å². The molecule has 8 nitrogen and oxygen atoms in total. The van der Waals surface area contributed by atoms with E-state index in [4.69, 9.17) is 21.3 Å². The van der Waals surface area contributed by atoms with Gasteiger partial charge in [-0.3, -0.25) is 0 Å². The van der Waals surface area contributed by atoms with Gasteiger partial charge in [-0.25, -0.2) is 0 Å². The normalized spacial score (nSPS) is 10.3. The summed E-state index contributed by atoms with van der Waals surface area (Å²) in [6.45, 7) is 0.633. The molecule has 8 heteroatoms. The van der Waals surface area contributed by atoms with Gasteiger partial charge >= 0.3 is 0 Å². The minimum Gasteiger partial charge on any atom is -0.383 e. The van der Waals surface area contributed by atoms with Crippen LogP contribution in [-0.2, 0) is 4.74 Å². The summed E-state index contributed by atoms with van der Waals surface area (Å²) in [6, 6.07) is 0. The van der Waals surface area contributed by atoms with Crippen molar-refractivity contribution in [2.24, 2.45) is 0 Å². The Kier molecular flexibility index (Phi) is 4.01. The number of rotatable bonds is 5. The van der Waals surface area contributed by atoms with E-state index in [0.717, 1.165) is 0 Å². The SMILES string of the molecule is COCCN(CO)c1nc(N)nc(N)n1. The fraction of sp³-hybridized carbons (Fsp3) is 0.571. The first-order valence-electron chi connectivity index (χ1n) is 4.29. The molecule has 5 N–H and O–H groups in total. The van der Waals surface area contributed by atoms with Gasteiger partial charge in [-0.05, 0) is 0 Å². The number of aliphatic hydroxyl groups excluding tert-OH is 1. The van der Waals surface area contributed by atoms with E-state index in [1.54, 1.807) is 7.11 Å². The largest absolute Gasteiger partial charge is 0.383 e.